The van der Waals surface area contributed by atoms with Gasteiger partial charge in [-0.2, -0.15) is 0 Å². The molecular formula is C20H24N2O4. The van der Waals surface area contributed by atoms with Gasteiger partial charge in [-0.15, -0.1) is 0 Å². The van der Waals surface area contributed by atoms with Gasteiger partial charge >= 0.3 is 6.09 Å². The number of hydrogen-bond donors (Lipinski definition) is 2. The first kappa shape index (κ1) is 19.3. The second kappa shape index (κ2) is 8.89. The Bertz CT molecular complexity index is 757. The minimum absolute atomic E-state index is 0.227. The van der Waals surface area contributed by atoms with Gasteiger partial charge in [0, 0.05) is 11.4 Å². The Hall–Kier alpha value is -3.02. The Kier molecular flexibility index (Phi) is 6.60. The maximum atomic E-state index is 12.4. The van der Waals surface area contributed by atoms with Gasteiger partial charge in [0.15, 0.2) is 6.10 Å². The molecule has 2 rings (SSSR count). The molecule has 2 aromatic carbocycles. The van der Waals surface area contributed by atoms with E-state index in [2.05, 4.69) is 29.2 Å². The summed E-state index contributed by atoms with van der Waals surface area (Å²) in [4.78, 5) is 23.6. The number of carbonyl (C=O) groups is 2. The molecule has 0 fully saturated rings. The molecule has 2 aromatic rings. The van der Waals surface area contributed by atoms with Crippen molar-refractivity contribution < 1.29 is 19.1 Å². The van der Waals surface area contributed by atoms with Gasteiger partial charge < -0.3 is 14.8 Å². The molecule has 0 heterocycles. The summed E-state index contributed by atoms with van der Waals surface area (Å²) in [5.74, 6) is 0.604. The van der Waals surface area contributed by atoms with Crippen LogP contribution in [-0.2, 0) is 9.53 Å². The molecule has 0 bridgehead atoms. The zero-order chi connectivity index (χ0) is 19.1. The Morgan fingerprint density at radius 3 is 2.19 bits per heavy atom. The quantitative estimate of drug-likeness (QED) is 0.804. The second-order valence-corrected chi connectivity index (χ2v) is 6.13. The average Bonchev–Trinajstić information content (AvgIpc) is 2.63. The summed E-state index contributed by atoms with van der Waals surface area (Å²) in [6.07, 6.45) is -1.22. The third kappa shape index (κ3) is 5.24. The normalized spacial score (nSPS) is 11.6. The van der Waals surface area contributed by atoms with E-state index in [-0.39, 0.29) is 5.91 Å². The Balaban J connectivity index is 1.98. The summed E-state index contributed by atoms with van der Waals surface area (Å²) in [6.45, 7) is 5.84. The first-order valence-electron chi connectivity index (χ1n) is 8.42. The second-order valence-electron chi connectivity index (χ2n) is 6.13. The van der Waals surface area contributed by atoms with Crippen molar-refractivity contribution in [3.05, 3.63) is 54.1 Å². The third-order valence-electron chi connectivity index (χ3n) is 3.81. The van der Waals surface area contributed by atoms with Gasteiger partial charge in [-0.05, 0) is 48.7 Å². The van der Waals surface area contributed by atoms with Crippen molar-refractivity contribution in [2.24, 2.45) is 0 Å². The highest BCUT2D eigenvalue weighted by Gasteiger charge is 2.17. The van der Waals surface area contributed by atoms with E-state index in [0.29, 0.717) is 17.4 Å². The minimum atomic E-state index is -0.672. The number of amides is 2. The molecule has 0 saturated heterocycles. The monoisotopic (exact) mass is 356 g/mol. The number of methoxy groups -OCH3 is 1. The first-order valence-corrected chi connectivity index (χ1v) is 8.42. The number of nitrogens with one attached hydrogen (secondary N) is 2. The van der Waals surface area contributed by atoms with Crippen LogP contribution in [-0.4, -0.2) is 25.2 Å². The van der Waals surface area contributed by atoms with Crippen LogP contribution in [0.25, 0.3) is 0 Å². The van der Waals surface area contributed by atoms with Crippen LogP contribution in [0.4, 0.5) is 16.2 Å². The highest BCUT2D eigenvalue weighted by atomic mass is 16.5. The van der Waals surface area contributed by atoms with Crippen LogP contribution in [0, 0.1) is 0 Å². The molecule has 138 valence electrons. The molecule has 2 N–H and O–H groups in total. The van der Waals surface area contributed by atoms with Gasteiger partial charge in [0.25, 0.3) is 5.91 Å². The highest BCUT2D eigenvalue weighted by molar-refractivity contribution is 5.94. The number of para-hydroxylation sites is 1. The molecule has 0 spiro atoms. The smallest absolute Gasteiger partial charge is 0.411 e. The Morgan fingerprint density at radius 1 is 0.923 bits per heavy atom. The molecule has 1 unspecified atom stereocenters. The summed E-state index contributed by atoms with van der Waals surface area (Å²) in [5.41, 5.74) is 2.44. The standard InChI is InChI=1S/C20H24N2O4/c1-13(2)17-7-5-6-8-18(17)22-19(23)14(3)26-16-11-9-15(10-12-16)21-20(24)25-4/h5-14H,1-4H3,(H,21,24)(H,22,23). The highest BCUT2D eigenvalue weighted by Crippen LogP contribution is 2.24. The van der Waals surface area contributed by atoms with Gasteiger partial charge in [-0.25, -0.2) is 4.79 Å². The average molecular weight is 356 g/mol. The van der Waals surface area contributed by atoms with Crippen LogP contribution < -0.4 is 15.4 Å². The molecule has 0 aliphatic carbocycles. The largest absolute Gasteiger partial charge is 0.481 e. The zero-order valence-corrected chi connectivity index (χ0v) is 15.4. The van der Waals surface area contributed by atoms with Crippen molar-refractivity contribution in [3.63, 3.8) is 0 Å². The molecule has 0 aromatic heterocycles. The summed E-state index contributed by atoms with van der Waals surface area (Å²) >= 11 is 0. The van der Waals surface area contributed by atoms with E-state index in [1.54, 1.807) is 31.2 Å². The zero-order valence-electron chi connectivity index (χ0n) is 15.4. The predicted octanol–water partition coefficient (Wildman–Crippen LogP) is 4.39. The van der Waals surface area contributed by atoms with E-state index in [1.165, 1.54) is 7.11 Å². The molecule has 0 radical (unpaired) electrons. The van der Waals surface area contributed by atoms with Gasteiger partial charge in [-0.3, -0.25) is 10.1 Å². The van der Waals surface area contributed by atoms with Gasteiger partial charge in [-0.1, -0.05) is 32.0 Å². The van der Waals surface area contributed by atoms with Crippen LogP contribution >= 0.6 is 0 Å². The van der Waals surface area contributed by atoms with E-state index < -0.39 is 12.2 Å². The number of benzene rings is 2. The van der Waals surface area contributed by atoms with E-state index in [0.717, 1.165) is 11.3 Å². The number of carbonyl (C=O) groups excluding carboxylic acids is 2. The lowest BCUT2D eigenvalue weighted by molar-refractivity contribution is -0.122. The van der Waals surface area contributed by atoms with Crippen LogP contribution in [0.3, 0.4) is 0 Å². The summed E-state index contributed by atoms with van der Waals surface area (Å²) in [6, 6.07) is 14.4. The van der Waals surface area contributed by atoms with Crippen LogP contribution in [0.15, 0.2) is 48.5 Å². The fourth-order valence-electron chi connectivity index (χ4n) is 2.39. The van der Waals surface area contributed by atoms with Gasteiger partial charge in [0.2, 0.25) is 0 Å². The topological polar surface area (TPSA) is 76.7 Å². The predicted molar refractivity (Wildman–Crippen MR) is 102 cm³/mol. The van der Waals surface area contributed by atoms with Crippen molar-refractivity contribution in [1.29, 1.82) is 0 Å². The molecule has 0 aliphatic rings. The first-order chi connectivity index (χ1) is 12.4. The lowest BCUT2D eigenvalue weighted by atomic mass is 10.0. The number of anilines is 2. The number of rotatable bonds is 6. The lowest BCUT2D eigenvalue weighted by Crippen LogP contribution is -2.30. The Labute approximate surface area is 153 Å². The minimum Gasteiger partial charge on any atom is -0.481 e. The number of ether oxygens (including phenoxy) is 2. The van der Waals surface area contributed by atoms with Gasteiger partial charge in [0.05, 0.1) is 7.11 Å². The molecule has 0 aliphatic heterocycles. The maximum absolute atomic E-state index is 12.4. The molecule has 6 nitrogen and oxygen atoms in total. The maximum Gasteiger partial charge on any atom is 0.411 e. The molecular weight excluding hydrogens is 332 g/mol. The molecule has 1 atom stereocenters. The van der Waals surface area contributed by atoms with Crippen molar-refractivity contribution in [2.45, 2.75) is 32.8 Å². The van der Waals surface area contributed by atoms with Crippen LogP contribution in [0.2, 0.25) is 0 Å². The summed E-state index contributed by atoms with van der Waals surface area (Å²) in [5, 5.41) is 5.47. The molecule has 2 amide bonds. The summed E-state index contributed by atoms with van der Waals surface area (Å²) < 4.78 is 10.2. The van der Waals surface area contributed by atoms with E-state index >= 15 is 0 Å². The van der Waals surface area contributed by atoms with Crippen molar-refractivity contribution >= 4 is 23.4 Å². The van der Waals surface area contributed by atoms with Crippen molar-refractivity contribution in [3.8, 4) is 5.75 Å². The number of hydrogen-bond acceptors (Lipinski definition) is 4. The van der Waals surface area contributed by atoms with E-state index in [1.807, 2.05) is 24.3 Å². The fourth-order valence-corrected chi connectivity index (χ4v) is 2.39. The van der Waals surface area contributed by atoms with Crippen molar-refractivity contribution in [1.82, 2.24) is 0 Å². The SMILES string of the molecule is COC(=O)Nc1ccc(OC(C)C(=O)Nc2ccccc2C(C)C)cc1. The van der Waals surface area contributed by atoms with Gasteiger partial charge in [0.1, 0.15) is 5.75 Å². The van der Waals surface area contributed by atoms with E-state index in [9.17, 15) is 9.59 Å². The van der Waals surface area contributed by atoms with Crippen LogP contribution in [0.1, 0.15) is 32.3 Å². The molecule has 6 heteroatoms. The summed E-state index contributed by atoms with van der Waals surface area (Å²) in [7, 11) is 1.30. The van der Waals surface area contributed by atoms with E-state index in [4.69, 9.17) is 4.74 Å². The molecule has 0 saturated carbocycles. The lowest BCUT2D eigenvalue weighted by Gasteiger charge is -2.18. The molecule has 26 heavy (non-hydrogen) atoms. The van der Waals surface area contributed by atoms with Crippen LogP contribution in [0.5, 0.6) is 5.75 Å². The Morgan fingerprint density at radius 2 is 1.58 bits per heavy atom. The fraction of sp³-hybridized carbons (Fsp3) is 0.300. The van der Waals surface area contributed by atoms with Crippen molar-refractivity contribution in [2.75, 3.05) is 17.7 Å². The third-order valence-corrected chi connectivity index (χ3v) is 3.81.